The van der Waals surface area contributed by atoms with Gasteiger partial charge < -0.3 is 5.11 Å². The van der Waals surface area contributed by atoms with Crippen LogP contribution in [-0.2, 0) is 4.79 Å². The van der Waals surface area contributed by atoms with Gasteiger partial charge in [-0.05, 0) is 38.5 Å². The summed E-state index contributed by atoms with van der Waals surface area (Å²) in [7, 11) is 0. The van der Waals surface area contributed by atoms with Crippen molar-refractivity contribution in [2.24, 2.45) is 11.8 Å². The van der Waals surface area contributed by atoms with Gasteiger partial charge in [-0.3, -0.25) is 9.69 Å². The van der Waals surface area contributed by atoms with Crippen molar-refractivity contribution in [1.82, 2.24) is 4.90 Å². The normalized spacial score (nSPS) is 26.1. The minimum Gasteiger partial charge on any atom is -0.480 e. The van der Waals surface area contributed by atoms with Crippen molar-refractivity contribution in [3.63, 3.8) is 0 Å². The topological polar surface area (TPSA) is 40.5 Å². The van der Waals surface area contributed by atoms with Crippen LogP contribution in [0.1, 0.15) is 40.5 Å². The molecule has 0 aromatic rings. The van der Waals surface area contributed by atoms with E-state index in [9.17, 15) is 4.79 Å². The van der Waals surface area contributed by atoms with E-state index in [0.29, 0.717) is 12.1 Å². The van der Waals surface area contributed by atoms with Gasteiger partial charge in [0, 0.05) is 12.1 Å². The van der Waals surface area contributed by atoms with Crippen LogP contribution < -0.4 is 0 Å². The minimum atomic E-state index is -0.711. The summed E-state index contributed by atoms with van der Waals surface area (Å²) in [5, 5.41) is 8.83. The highest BCUT2D eigenvalue weighted by molar-refractivity contribution is 5.69. The van der Waals surface area contributed by atoms with Gasteiger partial charge in [0.15, 0.2) is 0 Å². The fourth-order valence-corrected chi connectivity index (χ4v) is 2.33. The molecule has 0 radical (unpaired) electrons. The molecular formula is C12H23NO2. The zero-order valence-electron chi connectivity index (χ0n) is 10.2. The fraction of sp³-hybridized carbons (Fsp3) is 0.917. The molecule has 0 amide bonds. The Morgan fingerprint density at radius 2 is 1.87 bits per heavy atom. The van der Waals surface area contributed by atoms with Crippen molar-refractivity contribution in [3.8, 4) is 0 Å². The van der Waals surface area contributed by atoms with Crippen LogP contribution in [0.25, 0.3) is 0 Å². The molecule has 1 saturated carbocycles. The van der Waals surface area contributed by atoms with Crippen LogP contribution >= 0.6 is 0 Å². The zero-order valence-corrected chi connectivity index (χ0v) is 10.2. The third-order valence-electron chi connectivity index (χ3n) is 3.54. The van der Waals surface area contributed by atoms with Crippen LogP contribution in [0.4, 0.5) is 0 Å². The lowest BCUT2D eigenvalue weighted by atomic mass is 9.72. The molecule has 0 aromatic heterocycles. The standard InChI is InChI=1S/C12H23NO2/c1-8(2)10-5-11(6-10)13(9(3)4)7-12(14)15/h8-11H,5-7H2,1-4H3,(H,14,15). The van der Waals surface area contributed by atoms with E-state index < -0.39 is 5.97 Å². The van der Waals surface area contributed by atoms with E-state index in [4.69, 9.17) is 5.11 Å². The van der Waals surface area contributed by atoms with Crippen molar-refractivity contribution in [1.29, 1.82) is 0 Å². The number of carbonyl (C=O) groups is 1. The Labute approximate surface area is 92.5 Å². The summed E-state index contributed by atoms with van der Waals surface area (Å²) in [4.78, 5) is 12.8. The molecule has 0 bridgehead atoms. The van der Waals surface area contributed by atoms with Gasteiger partial charge in [0.1, 0.15) is 0 Å². The number of hydrogen-bond acceptors (Lipinski definition) is 2. The average molecular weight is 213 g/mol. The monoisotopic (exact) mass is 213 g/mol. The second kappa shape index (κ2) is 4.97. The number of carboxylic acids is 1. The van der Waals surface area contributed by atoms with E-state index in [1.165, 1.54) is 12.8 Å². The molecule has 3 heteroatoms. The van der Waals surface area contributed by atoms with E-state index in [1.54, 1.807) is 0 Å². The van der Waals surface area contributed by atoms with Crippen LogP contribution in [-0.4, -0.2) is 34.6 Å². The molecule has 1 aliphatic rings. The first kappa shape index (κ1) is 12.5. The van der Waals surface area contributed by atoms with Crippen LogP contribution in [0.2, 0.25) is 0 Å². The molecule has 3 nitrogen and oxygen atoms in total. The Hall–Kier alpha value is -0.570. The van der Waals surface area contributed by atoms with Gasteiger partial charge in [-0.1, -0.05) is 13.8 Å². The fourth-order valence-electron chi connectivity index (χ4n) is 2.33. The summed E-state index contributed by atoms with van der Waals surface area (Å²) in [5.41, 5.74) is 0. The predicted octanol–water partition coefficient (Wildman–Crippen LogP) is 2.22. The van der Waals surface area contributed by atoms with E-state index in [1.807, 2.05) is 0 Å². The smallest absolute Gasteiger partial charge is 0.317 e. The van der Waals surface area contributed by atoms with Gasteiger partial charge in [0.25, 0.3) is 0 Å². The van der Waals surface area contributed by atoms with E-state index in [0.717, 1.165) is 11.8 Å². The maximum Gasteiger partial charge on any atom is 0.317 e. The van der Waals surface area contributed by atoms with Gasteiger partial charge in [-0.2, -0.15) is 0 Å². The number of carboxylic acid groups (broad SMARTS) is 1. The number of nitrogens with zero attached hydrogens (tertiary/aromatic N) is 1. The molecule has 0 unspecified atom stereocenters. The van der Waals surface area contributed by atoms with Gasteiger partial charge in [0.05, 0.1) is 6.54 Å². The zero-order chi connectivity index (χ0) is 11.6. The van der Waals surface area contributed by atoms with Crippen molar-refractivity contribution in [3.05, 3.63) is 0 Å². The maximum absolute atomic E-state index is 10.7. The molecule has 1 fully saturated rings. The SMILES string of the molecule is CC(C)C1CC(N(CC(=O)O)C(C)C)C1. The number of rotatable bonds is 5. The first-order chi connectivity index (χ1) is 6.91. The van der Waals surface area contributed by atoms with Gasteiger partial charge in [-0.25, -0.2) is 0 Å². The summed E-state index contributed by atoms with van der Waals surface area (Å²) in [5.74, 6) is 0.821. The molecule has 0 spiro atoms. The Balaban J connectivity index is 2.43. The van der Waals surface area contributed by atoms with Gasteiger partial charge in [0.2, 0.25) is 0 Å². The van der Waals surface area contributed by atoms with Crippen molar-refractivity contribution in [2.75, 3.05) is 6.54 Å². The van der Waals surface area contributed by atoms with Crippen molar-refractivity contribution < 1.29 is 9.90 Å². The summed E-state index contributed by atoms with van der Waals surface area (Å²) >= 11 is 0. The molecule has 0 heterocycles. The quantitative estimate of drug-likeness (QED) is 0.761. The molecule has 15 heavy (non-hydrogen) atoms. The highest BCUT2D eigenvalue weighted by Crippen LogP contribution is 2.37. The Bertz CT molecular complexity index is 220. The lowest BCUT2D eigenvalue weighted by Gasteiger charge is -2.46. The molecule has 0 aliphatic heterocycles. The maximum atomic E-state index is 10.7. The van der Waals surface area contributed by atoms with Crippen LogP contribution in [0.5, 0.6) is 0 Å². The second-order valence-electron chi connectivity index (χ2n) is 5.29. The third kappa shape index (κ3) is 3.20. The lowest BCUT2D eigenvalue weighted by molar-refractivity contribution is -0.140. The van der Waals surface area contributed by atoms with E-state index in [-0.39, 0.29) is 6.54 Å². The van der Waals surface area contributed by atoms with Gasteiger partial charge in [-0.15, -0.1) is 0 Å². The highest BCUT2D eigenvalue weighted by Gasteiger charge is 2.36. The molecule has 1 rings (SSSR count). The van der Waals surface area contributed by atoms with Crippen molar-refractivity contribution >= 4 is 5.97 Å². The third-order valence-corrected chi connectivity index (χ3v) is 3.54. The summed E-state index contributed by atoms with van der Waals surface area (Å²) < 4.78 is 0. The molecule has 1 N–H and O–H groups in total. The molecule has 0 saturated heterocycles. The summed E-state index contributed by atoms with van der Waals surface area (Å²) in [6.45, 7) is 8.83. The molecule has 0 atom stereocenters. The minimum absolute atomic E-state index is 0.188. The first-order valence-electron chi connectivity index (χ1n) is 5.89. The molecular weight excluding hydrogens is 190 g/mol. The number of aliphatic carboxylic acids is 1. The molecule has 1 aliphatic carbocycles. The summed E-state index contributed by atoms with van der Waals surface area (Å²) in [6.07, 6.45) is 2.34. The number of hydrogen-bond donors (Lipinski definition) is 1. The van der Waals surface area contributed by atoms with E-state index in [2.05, 4.69) is 32.6 Å². The second-order valence-corrected chi connectivity index (χ2v) is 5.29. The highest BCUT2D eigenvalue weighted by atomic mass is 16.4. The Morgan fingerprint density at radius 3 is 2.20 bits per heavy atom. The average Bonchev–Trinajstić information content (AvgIpc) is 1.97. The molecule has 88 valence electrons. The van der Waals surface area contributed by atoms with Gasteiger partial charge >= 0.3 is 5.97 Å². The first-order valence-corrected chi connectivity index (χ1v) is 5.89. The lowest BCUT2D eigenvalue weighted by Crippen LogP contribution is -2.50. The Kier molecular flexibility index (Phi) is 4.14. The van der Waals surface area contributed by atoms with Crippen LogP contribution in [0.3, 0.4) is 0 Å². The van der Waals surface area contributed by atoms with Crippen LogP contribution in [0, 0.1) is 11.8 Å². The van der Waals surface area contributed by atoms with Crippen LogP contribution in [0.15, 0.2) is 0 Å². The van der Waals surface area contributed by atoms with Crippen molar-refractivity contribution in [2.45, 2.75) is 52.6 Å². The van der Waals surface area contributed by atoms with E-state index >= 15 is 0 Å². The summed E-state index contributed by atoms with van der Waals surface area (Å²) in [6, 6.07) is 0.827. The Morgan fingerprint density at radius 1 is 1.33 bits per heavy atom. The predicted molar refractivity (Wildman–Crippen MR) is 60.8 cm³/mol. The largest absolute Gasteiger partial charge is 0.480 e. The molecule has 0 aromatic carbocycles.